The second-order valence-corrected chi connectivity index (χ2v) is 6.32. The Hall–Kier alpha value is -2.69. The van der Waals surface area contributed by atoms with Gasteiger partial charge in [-0.2, -0.15) is 0 Å². The molecule has 2 N–H and O–H groups in total. The van der Waals surface area contributed by atoms with Crippen LogP contribution in [0.5, 0.6) is 0 Å². The summed E-state index contributed by atoms with van der Waals surface area (Å²) >= 11 is 0. The third-order valence-electron chi connectivity index (χ3n) is 4.67. The predicted molar refractivity (Wildman–Crippen MR) is 92.3 cm³/mol. The van der Waals surface area contributed by atoms with Gasteiger partial charge in [-0.1, -0.05) is 12.1 Å². The zero-order valence-electron chi connectivity index (χ0n) is 13.9. The second kappa shape index (κ2) is 6.43. The van der Waals surface area contributed by atoms with E-state index in [1.165, 1.54) is 0 Å². The highest BCUT2D eigenvalue weighted by atomic mass is 16.2. The van der Waals surface area contributed by atoms with Gasteiger partial charge in [-0.3, -0.25) is 14.6 Å². The lowest BCUT2D eigenvalue weighted by atomic mass is 10.0. The summed E-state index contributed by atoms with van der Waals surface area (Å²) in [5.74, 6) is -0.425. The Morgan fingerprint density at radius 1 is 1.08 bits per heavy atom. The zero-order chi connectivity index (χ0) is 17.2. The first-order valence-electron chi connectivity index (χ1n) is 8.08. The van der Waals surface area contributed by atoms with E-state index in [2.05, 4.69) is 15.6 Å². The Morgan fingerprint density at radius 3 is 2.46 bits per heavy atom. The van der Waals surface area contributed by atoms with Gasteiger partial charge in [0.25, 0.3) is 0 Å². The molecule has 1 aliphatic carbocycles. The lowest BCUT2D eigenvalue weighted by Gasteiger charge is -2.17. The van der Waals surface area contributed by atoms with Crippen molar-refractivity contribution in [2.75, 3.05) is 5.32 Å². The van der Waals surface area contributed by atoms with Gasteiger partial charge < -0.3 is 10.6 Å². The summed E-state index contributed by atoms with van der Waals surface area (Å²) in [5.41, 5.74) is 2.94. The predicted octanol–water partition coefficient (Wildman–Crippen LogP) is 2.73. The minimum absolute atomic E-state index is 0.206. The smallest absolute Gasteiger partial charge is 0.240 e. The van der Waals surface area contributed by atoms with Gasteiger partial charge in [-0.25, -0.2) is 0 Å². The SMILES string of the molecule is Cc1cccc(NC(=O)C2(C(=O)NCc3ccncc3)CC2)c1C. The molecule has 0 aliphatic heterocycles. The average molecular weight is 323 g/mol. The van der Waals surface area contributed by atoms with Crippen molar-refractivity contribution < 1.29 is 9.59 Å². The summed E-state index contributed by atoms with van der Waals surface area (Å²) in [5, 5.41) is 5.79. The number of rotatable bonds is 5. The van der Waals surface area contributed by atoms with E-state index >= 15 is 0 Å². The number of hydrogen-bond acceptors (Lipinski definition) is 3. The Kier molecular flexibility index (Phi) is 4.34. The molecule has 124 valence electrons. The van der Waals surface area contributed by atoms with Crippen LogP contribution in [0.25, 0.3) is 0 Å². The van der Waals surface area contributed by atoms with E-state index in [4.69, 9.17) is 0 Å². The van der Waals surface area contributed by atoms with Crippen LogP contribution in [0.1, 0.15) is 29.5 Å². The van der Waals surface area contributed by atoms with E-state index in [0.29, 0.717) is 19.4 Å². The molecule has 0 bridgehead atoms. The van der Waals surface area contributed by atoms with Crippen LogP contribution < -0.4 is 10.6 Å². The Bertz CT molecular complexity index is 767. The molecular weight excluding hydrogens is 302 g/mol. The van der Waals surface area contributed by atoms with Crippen LogP contribution in [-0.4, -0.2) is 16.8 Å². The molecule has 5 heteroatoms. The van der Waals surface area contributed by atoms with E-state index in [9.17, 15) is 9.59 Å². The first kappa shape index (κ1) is 16.2. The van der Waals surface area contributed by atoms with Crippen molar-refractivity contribution in [1.29, 1.82) is 0 Å². The van der Waals surface area contributed by atoms with Crippen LogP contribution in [0, 0.1) is 19.3 Å². The molecule has 1 heterocycles. The maximum atomic E-state index is 12.6. The van der Waals surface area contributed by atoms with E-state index in [-0.39, 0.29) is 11.8 Å². The van der Waals surface area contributed by atoms with Gasteiger partial charge in [0.1, 0.15) is 5.41 Å². The summed E-state index contributed by atoms with van der Waals surface area (Å²) < 4.78 is 0. The number of anilines is 1. The maximum absolute atomic E-state index is 12.6. The van der Waals surface area contributed by atoms with Crippen molar-refractivity contribution >= 4 is 17.5 Å². The maximum Gasteiger partial charge on any atom is 0.240 e. The zero-order valence-corrected chi connectivity index (χ0v) is 13.9. The fourth-order valence-corrected chi connectivity index (χ4v) is 2.66. The molecule has 1 fully saturated rings. The fraction of sp³-hybridized carbons (Fsp3) is 0.316. The van der Waals surface area contributed by atoms with Crippen molar-refractivity contribution in [3.63, 3.8) is 0 Å². The first-order valence-corrected chi connectivity index (χ1v) is 8.08. The highest BCUT2D eigenvalue weighted by Crippen LogP contribution is 2.47. The lowest BCUT2D eigenvalue weighted by Crippen LogP contribution is -2.39. The van der Waals surface area contributed by atoms with Gasteiger partial charge >= 0.3 is 0 Å². The van der Waals surface area contributed by atoms with Gasteiger partial charge in [0.2, 0.25) is 11.8 Å². The number of carbonyl (C=O) groups is 2. The Morgan fingerprint density at radius 2 is 1.79 bits per heavy atom. The second-order valence-electron chi connectivity index (χ2n) is 6.32. The Balaban J connectivity index is 1.65. The summed E-state index contributed by atoms with van der Waals surface area (Å²) in [6.45, 7) is 4.37. The number of aryl methyl sites for hydroxylation is 1. The van der Waals surface area contributed by atoms with E-state index in [0.717, 1.165) is 22.4 Å². The molecule has 1 saturated carbocycles. The number of nitrogens with one attached hydrogen (secondary N) is 2. The summed E-state index contributed by atoms with van der Waals surface area (Å²) in [7, 11) is 0. The van der Waals surface area contributed by atoms with Crippen molar-refractivity contribution in [1.82, 2.24) is 10.3 Å². The molecule has 0 spiro atoms. The molecule has 0 unspecified atom stereocenters. The van der Waals surface area contributed by atoms with Crippen LogP contribution in [0.15, 0.2) is 42.7 Å². The highest BCUT2D eigenvalue weighted by Gasteiger charge is 2.56. The minimum Gasteiger partial charge on any atom is -0.351 e. The molecule has 1 aromatic carbocycles. The molecule has 24 heavy (non-hydrogen) atoms. The largest absolute Gasteiger partial charge is 0.351 e. The van der Waals surface area contributed by atoms with Crippen molar-refractivity contribution in [3.05, 3.63) is 59.4 Å². The van der Waals surface area contributed by atoms with E-state index in [1.807, 2.05) is 44.2 Å². The van der Waals surface area contributed by atoms with E-state index < -0.39 is 5.41 Å². The van der Waals surface area contributed by atoms with Crippen LogP contribution in [-0.2, 0) is 16.1 Å². The summed E-state index contributed by atoms with van der Waals surface area (Å²) in [6.07, 6.45) is 4.54. The monoisotopic (exact) mass is 323 g/mol. The van der Waals surface area contributed by atoms with Crippen molar-refractivity contribution in [2.24, 2.45) is 5.41 Å². The van der Waals surface area contributed by atoms with Crippen LogP contribution in [0.2, 0.25) is 0 Å². The number of carbonyl (C=O) groups excluding carboxylic acids is 2. The Labute approximate surface area is 141 Å². The third kappa shape index (κ3) is 3.15. The number of nitrogens with zero attached hydrogens (tertiary/aromatic N) is 1. The topological polar surface area (TPSA) is 71.1 Å². The number of pyridine rings is 1. The minimum atomic E-state index is -0.927. The van der Waals surface area contributed by atoms with Crippen molar-refractivity contribution in [2.45, 2.75) is 33.2 Å². The van der Waals surface area contributed by atoms with Crippen LogP contribution in [0.4, 0.5) is 5.69 Å². The summed E-state index contributed by atoms with van der Waals surface area (Å²) in [4.78, 5) is 29.1. The fourth-order valence-electron chi connectivity index (χ4n) is 2.66. The molecule has 2 aromatic rings. The quantitative estimate of drug-likeness (QED) is 0.831. The molecule has 0 saturated heterocycles. The van der Waals surface area contributed by atoms with Crippen LogP contribution in [0.3, 0.4) is 0 Å². The summed E-state index contributed by atoms with van der Waals surface area (Å²) in [6, 6.07) is 9.46. The molecule has 0 radical (unpaired) electrons. The van der Waals surface area contributed by atoms with Crippen LogP contribution >= 0.6 is 0 Å². The molecule has 3 rings (SSSR count). The lowest BCUT2D eigenvalue weighted by molar-refractivity contribution is -0.134. The molecular formula is C19H21N3O2. The molecule has 1 aliphatic rings. The number of amides is 2. The van der Waals surface area contributed by atoms with Gasteiger partial charge in [0.15, 0.2) is 0 Å². The standard InChI is InChI=1S/C19H21N3O2/c1-13-4-3-5-16(14(13)2)22-18(24)19(8-9-19)17(23)21-12-15-6-10-20-11-7-15/h3-7,10-11H,8-9,12H2,1-2H3,(H,21,23)(H,22,24). The molecule has 5 nitrogen and oxygen atoms in total. The first-order chi connectivity index (χ1) is 11.5. The number of aromatic nitrogens is 1. The number of hydrogen-bond donors (Lipinski definition) is 2. The molecule has 1 aromatic heterocycles. The third-order valence-corrected chi connectivity index (χ3v) is 4.67. The highest BCUT2D eigenvalue weighted by molar-refractivity contribution is 6.13. The van der Waals surface area contributed by atoms with Gasteiger partial charge in [0.05, 0.1) is 0 Å². The van der Waals surface area contributed by atoms with Gasteiger partial charge in [-0.15, -0.1) is 0 Å². The number of benzene rings is 1. The van der Waals surface area contributed by atoms with Gasteiger partial charge in [-0.05, 0) is 61.6 Å². The van der Waals surface area contributed by atoms with Crippen molar-refractivity contribution in [3.8, 4) is 0 Å². The molecule has 2 amide bonds. The van der Waals surface area contributed by atoms with E-state index in [1.54, 1.807) is 12.4 Å². The van der Waals surface area contributed by atoms with Gasteiger partial charge in [0, 0.05) is 24.6 Å². The average Bonchev–Trinajstić information content (AvgIpc) is 3.40. The molecule has 0 atom stereocenters. The normalized spacial score (nSPS) is 14.8.